The van der Waals surface area contributed by atoms with Crippen molar-refractivity contribution in [1.82, 2.24) is 5.32 Å². The second-order valence-corrected chi connectivity index (χ2v) is 2.52. The molecule has 0 saturated heterocycles. The normalized spacial score (nSPS) is 12.0. The van der Waals surface area contributed by atoms with Gasteiger partial charge in [0.1, 0.15) is 6.17 Å². The highest BCUT2D eigenvalue weighted by Crippen LogP contribution is 1.85. The molecular formula is C7H15N3. The minimum atomic E-state index is 0.0301. The molecule has 0 fully saturated rings. The molecule has 0 aromatic rings. The van der Waals surface area contributed by atoms with Crippen LogP contribution in [0.2, 0.25) is 0 Å². The topological polar surface area (TPSA) is 48.2 Å². The Hall–Kier alpha value is -0.860. The molecule has 0 amide bonds. The van der Waals surface area contributed by atoms with E-state index in [1.54, 1.807) is 6.92 Å². The van der Waals surface area contributed by atoms with Gasteiger partial charge in [0.2, 0.25) is 0 Å². The molecule has 0 bridgehead atoms. The van der Waals surface area contributed by atoms with Crippen LogP contribution in [0.15, 0.2) is 4.99 Å². The molecule has 10 heavy (non-hydrogen) atoms. The van der Waals surface area contributed by atoms with Crippen LogP contribution in [0, 0.1) is 5.41 Å². The first-order chi connectivity index (χ1) is 4.52. The van der Waals surface area contributed by atoms with Crippen molar-refractivity contribution >= 4 is 11.5 Å². The Labute approximate surface area is 62.1 Å². The van der Waals surface area contributed by atoms with Gasteiger partial charge in [-0.2, -0.15) is 0 Å². The van der Waals surface area contributed by atoms with E-state index in [1.165, 1.54) is 0 Å². The van der Waals surface area contributed by atoms with E-state index in [9.17, 15) is 0 Å². The number of amidine groups is 1. The van der Waals surface area contributed by atoms with Crippen LogP contribution >= 0.6 is 0 Å². The van der Waals surface area contributed by atoms with Gasteiger partial charge in [0, 0.05) is 5.71 Å². The van der Waals surface area contributed by atoms with Gasteiger partial charge in [0.25, 0.3) is 0 Å². The first-order valence-electron chi connectivity index (χ1n) is 3.35. The van der Waals surface area contributed by atoms with Gasteiger partial charge >= 0.3 is 0 Å². The lowest BCUT2D eigenvalue weighted by Gasteiger charge is -2.08. The molecule has 0 spiro atoms. The second kappa shape index (κ2) is 4.04. The quantitative estimate of drug-likeness (QED) is 0.443. The molecule has 2 N–H and O–H groups in total. The van der Waals surface area contributed by atoms with Gasteiger partial charge in [-0.25, -0.2) is 0 Å². The van der Waals surface area contributed by atoms with Crippen LogP contribution in [0.1, 0.15) is 27.7 Å². The summed E-state index contributed by atoms with van der Waals surface area (Å²) in [6, 6.07) is 0. The molecule has 0 aliphatic heterocycles. The lowest BCUT2D eigenvalue weighted by atomic mass is 10.4. The Kier molecular flexibility index (Phi) is 3.69. The highest BCUT2D eigenvalue weighted by atomic mass is 15.1. The van der Waals surface area contributed by atoms with Crippen LogP contribution in [0.4, 0.5) is 0 Å². The van der Waals surface area contributed by atoms with Crippen molar-refractivity contribution in [1.29, 1.82) is 5.41 Å². The second-order valence-electron chi connectivity index (χ2n) is 2.52. The molecular weight excluding hydrogens is 126 g/mol. The van der Waals surface area contributed by atoms with Crippen molar-refractivity contribution in [2.24, 2.45) is 4.99 Å². The van der Waals surface area contributed by atoms with Gasteiger partial charge in [0.05, 0.1) is 5.84 Å². The van der Waals surface area contributed by atoms with E-state index < -0.39 is 0 Å². The van der Waals surface area contributed by atoms with Crippen LogP contribution in [-0.4, -0.2) is 17.7 Å². The van der Waals surface area contributed by atoms with Gasteiger partial charge in [-0.05, 0) is 27.7 Å². The van der Waals surface area contributed by atoms with E-state index in [1.807, 2.05) is 20.8 Å². The monoisotopic (exact) mass is 141 g/mol. The van der Waals surface area contributed by atoms with E-state index in [2.05, 4.69) is 10.3 Å². The SMILES string of the molecule is CC(=N)NC(C)N=C(C)C. The summed E-state index contributed by atoms with van der Waals surface area (Å²) in [7, 11) is 0. The average Bonchev–Trinajstić information content (AvgIpc) is 1.58. The summed E-state index contributed by atoms with van der Waals surface area (Å²) in [5.41, 5.74) is 1.03. The zero-order chi connectivity index (χ0) is 8.15. The molecule has 0 aromatic heterocycles. The number of rotatable bonds is 2. The summed E-state index contributed by atoms with van der Waals surface area (Å²) in [5, 5.41) is 9.96. The first kappa shape index (κ1) is 9.14. The summed E-state index contributed by atoms with van der Waals surface area (Å²) in [4.78, 5) is 4.18. The highest BCUT2D eigenvalue weighted by Gasteiger charge is 1.95. The fraction of sp³-hybridized carbons (Fsp3) is 0.714. The van der Waals surface area contributed by atoms with Crippen LogP contribution in [-0.2, 0) is 0 Å². The molecule has 0 heterocycles. The van der Waals surface area contributed by atoms with Crippen LogP contribution in [0.5, 0.6) is 0 Å². The molecule has 1 unspecified atom stereocenters. The van der Waals surface area contributed by atoms with Crippen molar-refractivity contribution in [2.75, 3.05) is 0 Å². The Morgan fingerprint density at radius 1 is 1.40 bits per heavy atom. The predicted molar refractivity (Wildman–Crippen MR) is 44.8 cm³/mol. The van der Waals surface area contributed by atoms with Gasteiger partial charge < -0.3 is 5.32 Å². The highest BCUT2D eigenvalue weighted by molar-refractivity contribution is 5.80. The summed E-state index contributed by atoms with van der Waals surface area (Å²) in [5.74, 6) is 0.456. The number of nitrogens with one attached hydrogen (secondary N) is 2. The molecule has 0 radical (unpaired) electrons. The third kappa shape index (κ3) is 5.28. The number of nitrogens with zero attached hydrogens (tertiary/aromatic N) is 1. The fourth-order valence-electron chi connectivity index (χ4n) is 0.733. The first-order valence-corrected chi connectivity index (χ1v) is 3.35. The van der Waals surface area contributed by atoms with Gasteiger partial charge in [0.15, 0.2) is 0 Å². The zero-order valence-corrected chi connectivity index (χ0v) is 7.02. The van der Waals surface area contributed by atoms with Crippen LogP contribution in [0.3, 0.4) is 0 Å². The molecule has 0 aromatic carbocycles. The number of aliphatic imine (C=N–C) groups is 1. The van der Waals surface area contributed by atoms with E-state index in [0.717, 1.165) is 5.71 Å². The minimum Gasteiger partial charge on any atom is -0.353 e. The molecule has 3 nitrogen and oxygen atoms in total. The van der Waals surface area contributed by atoms with E-state index in [4.69, 9.17) is 5.41 Å². The van der Waals surface area contributed by atoms with E-state index in [-0.39, 0.29) is 6.17 Å². The fourth-order valence-corrected chi connectivity index (χ4v) is 0.733. The Balaban J connectivity index is 3.75. The summed E-state index contributed by atoms with van der Waals surface area (Å²) >= 11 is 0. The van der Waals surface area contributed by atoms with Crippen molar-refractivity contribution < 1.29 is 0 Å². The standard InChI is InChI=1S/C7H15N3/c1-5(2)9-7(4)10-6(3)8/h7H,1-4H3,(H2,8,10). The van der Waals surface area contributed by atoms with Crippen LogP contribution < -0.4 is 5.32 Å². The summed E-state index contributed by atoms with van der Waals surface area (Å²) in [6.07, 6.45) is 0.0301. The van der Waals surface area contributed by atoms with E-state index in [0.29, 0.717) is 5.84 Å². The van der Waals surface area contributed by atoms with Gasteiger partial charge in [-0.1, -0.05) is 0 Å². The molecule has 0 saturated carbocycles. The predicted octanol–water partition coefficient (Wildman–Crippen LogP) is 1.40. The summed E-state index contributed by atoms with van der Waals surface area (Å²) in [6.45, 7) is 7.51. The van der Waals surface area contributed by atoms with Crippen molar-refractivity contribution in [3.63, 3.8) is 0 Å². The average molecular weight is 141 g/mol. The largest absolute Gasteiger partial charge is 0.353 e. The maximum atomic E-state index is 7.09. The molecule has 1 atom stereocenters. The van der Waals surface area contributed by atoms with Crippen LogP contribution in [0.25, 0.3) is 0 Å². The molecule has 58 valence electrons. The third-order valence-electron chi connectivity index (χ3n) is 0.877. The Morgan fingerprint density at radius 2 is 1.90 bits per heavy atom. The van der Waals surface area contributed by atoms with Gasteiger partial charge in [-0.15, -0.1) is 0 Å². The van der Waals surface area contributed by atoms with Gasteiger partial charge in [-0.3, -0.25) is 10.4 Å². The summed E-state index contributed by atoms with van der Waals surface area (Å²) < 4.78 is 0. The van der Waals surface area contributed by atoms with E-state index >= 15 is 0 Å². The Morgan fingerprint density at radius 3 is 2.20 bits per heavy atom. The molecule has 0 rings (SSSR count). The lowest BCUT2D eigenvalue weighted by molar-refractivity contribution is 0.695. The Bertz CT molecular complexity index is 145. The maximum absolute atomic E-state index is 7.09. The molecule has 0 aliphatic rings. The maximum Gasteiger partial charge on any atom is 0.116 e. The minimum absolute atomic E-state index is 0.0301. The van der Waals surface area contributed by atoms with Crippen molar-refractivity contribution in [3.8, 4) is 0 Å². The van der Waals surface area contributed by atoms with Crippen molar-refractivity contribution in [3.05, 3.63) is 0 Å². The van der Waals surface area contributed by atoms with Crippen molar-refractivity contribution in [2.45, 2.75) is 33.9 Å². The molecule has 3 heteroatoms. The third-order valence-corrected chi connectivity index (χ3v) is 0.877. The smallest absolute Gasteiger partial charge is 0.116 e. The number of hydrogen-bond donors (Lipinski definition) is 2. The lowest BCUT2D eigenvalue weighted by Crippen LogP contribution is -2.28. The zero-order valence-electron chi connectivity index (χ0n) is 7.02. The number of hydrogen-bond acceptors (Lipinski definition) is 2. The molecule has 0 aliphatic carbocycles.